The van der Waals surface area contributed by atoms with Crippen LogP contribution in [0.3, 0.4) is 0 Å². The quantitative estimate of drug-likeness (QED) is 0.838. The fourth-order valence-electron chi connectivity index (χ4n) is 3.00. The summed E-state index contributed by atoms with van der Waals surface area (Å²) in [6, 6.07) is 5.76. The van der Waals surface area contributed by atoms with E-state index in [0.717, 1.165) is 12.8 Å². The lowest BCUT2D eigenvalue weighted by Gasteiger charge is -2.35. The van der Waals surface area contributed by atoms with E-state index in [1.807, 2.05) is 20.8 Å². The van der Waals surface area contributed by atoms with Crippen LogP contribution in [0.1, 0.15) is 44.0 Å². The minimum absolute atomic E-state index is 0.163. The molecule has 1 heterocycles. The molecule has 1 aromatic carbocycles. The van der Waals surface area contributed by atoms with E-state index < -0.39 is 11.4 Å². The average molecular weight is 350 g/mol. The van der Waals surface area contributed by atoms with Crippen molar-refractivity contribution >= 4 is 12.0 Å². The fraction of sp³-hybridized carbons (Fsp3) is 0.579. The van der Waals surface area contributed by atoms with Gasteiger partial charge in [0.15, 0.2) is 0 Å². The fourth-order valence-corrected chi connectivity index (χ4v) is 3.00. The molecule has 5 nitrogen and oxygen atoms in total. The van der Waals surface area contributed by atoms with Crippen LogP contribution in [0, 0.1) is 11.7 Å². The monoisotopic (exact) mass is 350 g/mol. The van der Waals surface area contributed by atoms with Crippen LogP contribution < -0.4 is 0 Å². The van der Waals surface area contributed by atoms with Crippen molar-refractivity contribution in [3.63, 3.8) is 0 Å². The van der Waals surface area contributed by atoms with Gasteiger partial charge in [-0.2, -0.15) is 0 Å². The lowest BCUT2D eigenvalue weighted by molar-refractivity contribution is 0.0244. The summed E-state index contributed by atoms with van der Waals surface area (Å²) in [4.78, 5) is 28.0. The Kier molecular flexibility index (Phi) is 6.03. The Morgan fingerprint density at radius 2 is 2.08 bits per heavy atom. The molecule has 0 aliphatic carbocycles. The Balaban J connectivity index is 1.94. The van der Waals surface area contributed by atoms with Gasteiger partial charge >= 0.3 is 6.09 Å². The lowest BCUT2D eigenvalue weighted by atomic mass is 9.97. The number of rotatable bonds is 3. The van der Waals surface area contributed by atoms with Gasteiger partial charge in [-0.05, 0) is 57.7 Å². The van der Waals surface area contributed by atoms with Gasteiger partial charge in [-0.15, -0.1) is 0 Å². The highest BCUT2D eigenvalue weighted by Gasteiger charge is 2.27. The van der Waals surface area contributed by atoms with E-state index in [1.165, 1.54) is 12.1 Å². The molecular weight excluding hydrogens is 323 g/mol. The molecule has 1 saturated heterocycles. The highest BCUT2D eigenvalue weighted by atomic mass is 19.1. The van der Waals surface area contributed by atoms with E-state index >= 15 is 0 Å². The number of hydrogen-bond acceptors (Lipinski definition) is 3. The number of hydrogen-bond donors (Lipinski definition) is 0. The summed E-state index contributed by atoms with van der Waals surface area (Å²) >= 11 is 0. The number of likely N-dealkylation sites (tertiary alicyclic amines) is 1. The third-order valence-corrected chi connectivity index (χ3v) is 4.12. The minimum Gasteiger partial charge on any atom is -0.444 e. The van der Waals surface area contributed by atoms with Crippen molar-refractivity contribution in [1.29, 1.82) is 0 Å². The van der Waals surface area contributed by atoms with Gasteiger partial charge in [0, 0.05) is 32.2 Å². The molecule has 2 rings (SSSR count). The number of nitrogens with zero attached hydrogens (tertiary/aromatic N) is 2. The molecule has 1 aliphatic rings. The second kappa shape index (κ2) is 7.85. The smallest absolute Gasteiger partial charge is 0.410 e. The topological polar surface area (TPSA) is 49.9 Å². The number of halogens is 1. The molecule has 1 aliphatic heterocycles. The van der Waals surface area contributed by atoms with Gasteiger partial charge in [0.1, 0.15) is 11.4 Å². The average Bonchev–Trinajstić information content (AvgIpc) is 2.52. The zero-order chi connectivity index (χ0) is 18.6. The maximum atomic E-state index is 13.3. The molecule has 138 valence electrons. The largest absolute Gasteiger partial charge is 0.444 e. The molecule has 0 bridgehead atoms. The van der Waals surface area contributed by atoms with Gasteiger partial charge in [-0.25, -0.2) is 9.18 Å². The molecule has 1 atom stereocenters. The molecule has 0 unspecified atom stereocenters. The van der Waals surface area contributed by atoms with E-state index in [4.69, 9.17) is 4.74 Å². The van der Waals surface area contributed by atoms with Gasteiger partial charge < -0.3 is 14.5 Å². The van der Waals surface area contributed by atoms with Crippen molar-refractivity contribution in [2.45, 2.75) is 39.2 Å². The van der Waals surface area contributed by atoms with Gasteiger partial charge in [-0.3, -0.25) is 4.79 Å². The predicted octanol–water partition coefficient (Wildman–Crippen LogP) is 3.54. The lowest BCUT2D eigenvalue weighted by Crippen LogP contribution is -2.45. The van der Waals surface area contributed by atoms with Crippen molar-refractivity contribution in [1.82, 2.24) is 9.80 Å². The van der Waals surface area contributed by atoms with Crippen LogP contribution >= 0.6 is 0 Å². The van der Waals surface area contributed by atoms with Gasteiger partial charge in [0.25, 0.3) is 5.91 Å². The zero-order valence-corrected chi connectivity index (χ0v) is 15.4. The number of piperidine rings is 1. The molecular formula is C19H27FN2O3. The summed E-state index contributed by atoms with van der Waals surface area (Å²) in [5.74, 6) is -0.392. The second-order valence-corrected chi connectivity index (χ2v) is 7.63. The molecule has 1 fully saturated rings. The highest BCUT2D eigenvalue weighted by molar-refractivity contribution is 5.94. The summed E-state index contributed by atoms with van der Waals surface area (Å²) in [6.07, 6.45) is 1.45. The standard InChI is InChI=1S/C19H27FN2O3/c1-19(2,3)25-18(24)21(4)12-14-7-6-10-22(13-14)17(23)15-8-5-9-16(20)11-15/h5,8-9,11,14H,6-7,10,12-13H2,1-4H3/t14-/m0/s1. The summed E-state index contributed by atoms with van der Waals surface area (Å²) in [6.45, 7) is 7.24. The Labute approximate surface area is 148 Å². The Morgan fingerprint density at radius 1 is 1.36 bits per heavy atom. The van der Waals surface area contributed by atoms with Crippen LogP contribution in [-0.2, 0) is 4.74 Å². The van der Waals surface area contributed by atoms with Gasteiger partial charge in [0.2, 0.25) is 0 Å². The zero-order valence-electron chi connectivity index (χ0n) is 15.4. The van der Waals surface area contributed by atoms with Crippen molar-refractivity contribution < 1.29 is 18.7 Å². The molecule has 0 saturated carbocycles. The first-order valence-electron chi connectivity index (χ1n) is 8.64. The van der Waals surface area contributed by atoms with Crippen LogP contribution in [0.5, 0.6) is 0 Å². The Hall–Kier alpha value is -2.11. The third-order valence-electron chi connectivity index (χ3n) is 4.12. The number of ether oxygens (including phenoxy) is 1. The predicted molar refractivity (Wildman–Crippen MR) is 93.9 cm³/mol. The molecule has 1 aromatic rings. The number of benzene rings is 1. The van der Waals surface area contributed by atoms with Crippen molar-refractivity contribution in [2.24, 2.45) is 5.92 Å². The van der Waals surface area contributed by atoms with E-state index in [2.05, 4.69) is 0 Å². The normalized spacial score (nSPS) is 18.0. The van der Waals surface area contributed by atoms with Crippen LogP contribution in [0.25, 0.3) is 0 Å². The number of carbonyl (C=O) groups excluding carboxylic acids is 2. The van der Waals surface area contributed by atoms with Gasteiger partial charge in [0.05, 0.1) is 0 Å². The molecule has 0 aromatic heterocycles. The molecule has 0 N–H and O–H groups in total. The van der Waals surface area contributed by atoms with Crippen LogP contribution in [-0.4, -0.2) is 54.1 Å². The molecule has 0 spiro atoms. The Morgan fingerprint density at radius 3 is 2.72 bits per heavy atom. The van der Waals surface area contributed by atoms with E-state index in [-0.39, 0.29) is 17.9 Å². The van der Waals surface area contributed by atoms with Crippen LogP contribution in [0.15, 0.2) is 24.3 Å². The summed E-state index contributed by atoms with van der Waals surface area (Å²) in [7, 11) is 1.71. The third kappa shape index (κ3) is 5.73. The Bertz CT molecular complexity index is 627. The summed E-state index contributed by atoms with van der Waals surface area (Å²) < 4.78 is 18.7. The molecule has 6 heteroatoms. The SMILES string of the molecule is CN(C[C@@H]1CCCN(C(=O)c2cccc(F)c2)C1)C(=O)OC(C)(C)C. The second-order valence-electron chi connectivity index (χ2n) is 7.63. The van der Waals surface area contributed by atoms with Crippen LogP contribution in [0.4, 0.5) is 9.18 Å². The van der Waals surface area contributed by atoms with Crippen molar-refractivity contribution in [2.75, 3.05) is 26.7 Å². The maximum Gasteiger partial charge on any atom is 0.410 e. The molecule has 0 radical (unpaired) electrons. The van der Waals surface area contributed by atoms with E-state index in [9.17, 15) is 14.0 Å². The molecule has 25 heavy (non-hydrogen) atoms. The van der Waals surface area contributed by atoms with Crippen molar-refractivity contribution in [3.05, 3.63) is 35.6 Å². The molecule has 2 amide bonds. The maximum absolute atomic E-state index is 13.3. The van der Waals surface area contributed by atoms with Gasteiger partial charge in [-0.1, -0.05) is 6.07 Å². The first-order chi connectivity index (χ1) is 11.7. The summed E-state index contributed by atoms with van der Waals surface area (Å²) in [5, 5.41) is 0. The van der Waals surface area contributed by atoms with Crippen LogP contribution in [0.2, 0.25) is 0 Å². The van der Waals surface area contributed by atoms with E-state index in [0.29, 0.717) is 25.2 Å². The number of carbonyl (C=O) groups is 2. The highest BCUT2D eigenvalue weighted by Crippen LogP contribution is 2.20. The van der Waals surface area contributed by atoms with Crippen molar-refractivity contribution in [3.8, 4) is 0 Å². The first-order valence-corrected chi connectivity index (χ1v) is 8.64. The number of amides is 2. The first kappa shape index (κ1) is 19.2. The summed E-state index contributed by atoms with van der Waals surface area (Å²) in [5.41, 5.74) is -0.168. The minimum atomic E-state index is -0.530. The van der Waals surface area contributed by atoms with E-state index in [1.54, 1.807) is 29.0 Å².